The van der Waals surface area contributed by atoms with Crippen LogP contribution in [0.1, 0.15) is 39.4 Å². The van der Waals surface area contributed by atoms with Crippen LogP contribution >= 0.6 is 0 Å². The monoisotopic (exact) mass is 428 g/mol. The van der Waals surface area contributed by atoms with Gasteiger partial charge in [-0.1, -0.05) is 30.3 Å². The third-order valence-corrected chi connectivity index (χ3v) is 5.71. The fraction of sp³-hybridized carbons (Fsp3) is 0.154. The van der Waals surface area contributed by atoms with Crippen molar-refractivity contribution < 1.29 is 28.5 Å². The molecule has 3 aromatic rings. The largest absolute Gasteiger partial charge is 0.497 e. The number of hydrogen-bond donors (Lipinski definition) is 0. The Bertz CT molecular complexity index is 1260. The standard InChI is InChI=1S/C26H20O6/c1-29-16-9-7-15(8-10-16)13-22-25(28)18-11-12-21-24(26(18)32-22)19(14-23(27)31-21)17-5-3-4-6-20(17)30-2/h3-13,19H,14H2,1-2H3/b22-13-/t19-/m0/s1. The molecular formula is C26H20O6. The van der Waals surface area contributed by atoms with Crippen LogP contribution in [0.5, 0.6) is 23.0 Å². The van der Waals surface area contributed by atoms with Gasteiger partial charge < -0.3 is 18.9 Å². The summed E-state index contributed by atoms with van der Waals surface area (Å²) in [4.78, 5) is 25.4. The molecule has 0 bridgehead atoms. The van der Waals surface area contributed by atoms with Gasteiger partial charge in [0.2, 0.25) is 5.78 Å². The molecule has 0 aromatic heterocycles. The normalized spacial score (nSPS) is 17.9. The van der Waals surface area contributed by atoms with Crippen molar-refractivity contribution in [3.05, 3.63) is 88.7 Å². The number of carbonyl (C=O) groups is 2. The van der Waals surface area contributed by atoms with E-state index in [4.69, 9.17) is 18.9 Å². The predicted octanol–water partition coefficient (Wildman–Crippen LogP) is 4.76. The van der Waals surface area contributed by atoms with Crippen LogP contribution in [-0.4, -0.2) is 26.0 Å². The van der Waals surface area contributed by atoms with E-state index in [1.54, 1.807) is 32.4 Å². The third kappa shape index (κ3) is 3.30. The van der Waals surface area contributed by atoms with E-state index in [2.05, 4.69) is 0 Å². The maximum atomic E-state index is 13.1. The number of ether oxygens (including phenoxy) is 4. The van der Waals surface area contributed by atoms with Gasteiger partial charge in [0.05, 0.1) is 26.2 Å². The summed E-state index contributed by atoms with van der Waals surface area (Å²) in [5, 5.41) is 0. The first-order valence-corrected chi connectivity index (χ1v) is 10.2. The van der Waals surface area contributed by atoms with Crippen molar-refractivity contribution in [2.75, 3.05) is 14.2 Å². The zero-order valence-corrected chi connectivity index (χ0v) is 17.6. The first-order chi connectivity index (χ1) is 15.6. The fourth-order valence-electron chi connectivity index (χ4n) is 4.18. The maximum Gasteiger partial charge on any atom is 0.312 e. The van der Waals surface area contributed by atoms with Gasteiger partial charge in [0.25, 0.3) is 0 Å². The van der Waals surface area contributed by atoms with E-state index in [-0.39, 0.29) is 29.9 Å². The third-order valence-electron chi connectivity index (χ3n) is 5.71. The second kappa shape index (κ2) is 7.89. The van der Waals surface area contributed by atoms with E-state index in [1.807, 2.05) is 48.5 Å². The molecule has 2 heterocycles. The molecule has 3 aromatic carbocycles. The van der Waals surface area contributed by atoms with Gasteiger partial charge in [0.1, 0.15) is 23.0 Å². The molecule has 0 spiro atoms. The van der Waals surface area contributed by atoms with E-state index in [0.29, 0.717) is 28.4 Å². The molecule has 6 heteroatoms. The molecule has 2 aliphatic heterocycles. The van der Waals surface area contributed by atoms with E-state index in [0.717, 1.165) is 16.9 Å². The molecule has 0 unspecified atom stereocenters. The number of fused-ring (bicyclic) bond motifs is 3. The summed E-state index contributed by atoms with van der Waals surface area (Å²) in [6.07, 6.45) is 1.82. The lowest BCUT2D eigenvalue weighted by atomic mass is 9.84. The van der Waals surface area contributed by atoms with Crippen molar-refractivity contribution in [1.29, 1.82) is 0 Å². The molecule has 32 heavy (non-hydrogen) atoms. The van der Waals surface area contributed by atoms with Crippen molar-refractivity contribution in [2.24, 2.45) is 0 Å². The Labute approximate surface area is 185 Å². The number of allylic oxidation sites excluding steroid dienone is 1. The number of methoxy groups -OCH3 is 2. The topological polar surface area (TPSA) is 71.1 Å². The van der Waals surface area contributed by atoms with Crippen molar-refractivity contribution in [3.63, 3.8) is 0 Å². The molecule has 160 valence electrons. The molecule has 0 radical (unpaired) electrons. The minimum Gasteiger partial charge on any atom is -0.497 e. The smallest absolute Gasteiger partial charge is 0.312 e. The SMILES string of the molecule is COc1ccc(/C=C2\Oc3c(ccc4c3[C@H](c3ccccc3OC)CC(=O)O4)C2=O)cc1. The van der Waals surface area contributed by atoms with E-state index in [1.165, 1.54) is 0 Å². The summed E-state index contributed by atoms with van der Waals surface area (Å²) < 4.78 is 22.3. The van der Waals surface area contributed by atoms with Crippen molar-refractivity contribution in [2.45, 2.75) is 12.3 Å². The number of rotatable bonds is 4. The lowest BCUT2D eigenvalue weighted by Crippen LogP contribution is -2.22. The van der Waals surface area contributed by atoms with Crippen molar-refractivity contribution in [1.82, 2.24) is 0 Å². The molecular weight excluding hydrogens is 408 g/mol. The molecule has 0 amide bonds. The summed E-state index contributed by atoms with van der Waals surface area (Å²) in [6.45, 7) is 0. The van der Waals surface area contributed by atoms with E-state index < -0.39 is 0 Å². The van der Waals surface area contributed by atoms with Gasteiger partial charge in [0.15, 0.2) is 5.76 Å². The van der Waals surface area contributed by atoms with Gasteiger partial charge in [-0.15, -0.1) is 0 Å². The van der Waals surface area contributed by atoms with Gasteiger partial charge >= 0.3 is 5.97 Å². The first kappa shape index (κ1) is 19.9. The average Bonchev–Trinajstić information content (AvgIpc) is 3.14. The van der Waals surface area contributed by atoms with Crippen LogP contribution in [0.15, 0.2) is 66.4 Å². The molecule has 5 rings (SSSR count). The van der Waals surface area contributed by atoms with Crippen molar-refractivity contribution >= 4 is 17.8 Å². The highest BCUT2D eigenvalue weighted by molar-refractivity contribution is 6.15. The number of benzene rings is 3. The second-order valence-corrected chi connectivity index (χ2v) is 7.54. The number of para-hydroxylation sites is 1. The molecule has 0 aliphatic carbocycles. The lowest BCUT2D eigenvalue weighted by Gasteiger charge is -2.27. The van der Waals surface area contributed by atoms with E-state index >= 15 is 0 Å². The lowest BCUT2D eigenvalue weighted by molar-refractivity contribution is -0.135. The van der Waals surface area contributed by atoms with Crippen LogP contribution in [0, 0.1) is 0 Å². The Morgan fingerprint density at radius 1 is 0.906 bits per heavy atom. The van der Waals surface area contributed by atoms with Crippen LogP contribution in [0.3, 0.4) is 0 Å². The minimum atomic E-state index is -0.356. The Kier molecular flexibility index (Phi) is 4.90. The van der Waals surface area contributed by atoms with Gasteiger partial charge in [-0.25, -0.2) is 0 Å². The zero-order chi connectivity index (χ0) is 22.2. The van der Waals surface area contributed by atoms with Crippen LogP contribution in [0.4, 0.5) is 0 Å². The maximum absolute atomic E-state index is 13.1. The van der Waals surface area contributed by atoms with Crippen molar-refractivity contribution in [3.8, 4) is 23.0 Å². The Hall–Kier alpha value is -4.06. The van der Waals surface area contributed by atoms with Gasteiger partial charge in [-0.05, 0) is 42.0 Å². The quantitative estimate of drug-likeness (QED) is 0.339. The Morgan fingerprint density at radius 3 is 2.44 bits per heavy atom. The molecule has 0 N–H and O–H groups in total. The molecule has 6 nitrogen and oxygen atoms in total. The predicted molar refractivity (Wildman–Crippen MR) is 117 cm³/mol. The van der Waals surface area contributed by atoms with Crippen LogP contribution in [0.25, 0.3) is 6.08 Å². The number of ketones is 1. The number of carbonyl (C=O) groups excluding carboxylic acids is 2. The molecule has 0 fully saturated rings. The number of esters is 1. The van der Waals surface area contributed by atoms with Crippen LogP contribution < -0.4 is 18.9 Å². The molecule has 0 saturated heterocycles. The Morgan fingerprint density at radius 2 is 1.69 bits per heavy atom. The highest BCUT2D eigenvalue weighted by atomic mass is 16.5. The fourth-order valence-corrected chi connectivity index (χ4v) is 4.18. The summed E-state index contributed by atoms with van der Waals surface area (Å²) in [5.41, 5.74) is 2.77. The molecule has 0 saturated carbocycles. The highest BCUT2D eigenvalue weighted by Gasteiger charge is 2.39. The van der Waals surface area contributed by atoms with Crippen LogP contribution in [-0.2, 0) is 4.79 Å². The zero-order valence-electron chi connectivity index (χ0n) is 17.6. The number of hydrogen-bond acceptors (Lipinski definition) is 6. The summed E-state index contributed by atoms with van der Waals surface area (Å²) in [6, 6.07) is 18.2. The molecule has 2 aliphatic rings. The summed E-state index contributed by atoms with van der Waals surface area (Å²) in [7, 11) is 3.19. The number of Topliss-reactive ketones (excluding diaryl/α,β-unsaturated/α-hetero) is 1. The van der Waals surface area contributed by atoms with Gasteiger partial charge in [-0.2, -0.15) is 0 Å². The van der Waals surface area contributed by atoms with E-state index in [9.17, 15) is 9.59 Å². The van der Waals surface area contributed by atoms with Crippen LogP contribution in [0.2, 0.25) is 0 Å². The second-order valence-electron chi connectivity index (χ2n) is 7.54. The van der Waals surface area contributed by atoms with Gasteiger partial charge in [0, 0.05) is 17.0 Å². The molecule has 1 atom stereocenters. The highest BCUT2D eigenvalue weighted by Crippen LogP contribution is 2.50. The summed E-state index contributed by atoms with van der Waals surface area (Å²) in [5.74, 6) is 1.52. The van der Waals surface area contributed by atoms with Gasteiger partial charge in [-0.3, -0.25) is 9.59 Å². The Balaban J connectivity index is 1.60. The minimum absolute atomic E-state index is 0.124. The summed E-state index contributed by atoms with van der Waals surface area (Å²) >= 11 is 0. The average molecular weight is 428 g/mol. The first-order valence-electron chi connectivity index (χ1n) is 10.2.